The van der Waals surface area contributed by atoms with Gasteiger partial charge in [0, 0.05) is 13.1 Å². The van der Waals surface area contributed by atoms with Crippen LogP contribution in [0.3, 0.4) is 0 Å². The van der Waals surface area contributed by atoms with Crippen molar-refractivity contribution in [3.05, 3.63) is 70.8 Å². The van der Waals surface area contributed by atoms with Crippen LogP contribution in [-0.4, -0.2) is 32.2 Å². The highest BCUT2D eigenvalue weighted by molar-refractivity contribution is 5.51. The van der Waals surface area contributed by atoms with Gasteiger partial charge in [-0.15, -0.1) is 0 Å². The van der Waals surface area contributed by atoms with E-state index in [1.54, 1.807) is 14.2 Å². The fourth-order valence-electron chi connectivity index (χ4n) is 3.52. The second kappa shape index (κ2) is 7.75. The van der Waals surface area contributed by atoms with Crippen molar-refractivity contribution < 1.29 is 9.47 Å². The van der Waals surface area contributed by atoms with Crippen LogP contribution in [0.2, 0.25) is 0 Å². The van der Waals surface area contributed by atoms with E-state index in [1.807, 2.05) is 0 Å². The number of methoxy groups -OCH3 is 2. The van der Waals surface area contributed by atoms with Crippen LogP contribution >= 0.6 is 0 Å². The molecule has 0 saturated carbocycles. The van der Waals surface area contributed by atoms with Crippen LogP contribution in [0, 0.1) is 0 Å². The SMILES string of the molecule is COc1cc2c(cc1OC)C(c1ccccc1)N(CC=C(C)C)CC2. The summed E-state index contributed by atoms with van der Waals surface area (Å²) in [6, 6.07) is 15.3. The highest BCUT2D eigenvalue weighted by Gasteiger charge is 2.29. The first kappa shape index (κ1) is 17.6. The maximum Gasteiger partial charge on any atom is 0.161 e. The zero-order valence-electron chi connectivity index (χ0n) is 15.6. The lowest BCUT2D eigenvalue weighted by atomic mass is 9.87. The maximum absolute atomic E-state index is 5.56. The van der Waals surface area contributed by atoms with Gasteiger partial charge < -0.3 is 9.47 Å². The lowest BCUT2D eigenvalue weighted by molar-refractivity contribution is 0.235. The van der Waals surface area contributed by atoms with E-state index < -0.39 is 0 Å². The van der Waals surface area contributed by atoms with Crippen molar-refractivity contribution in [2.75, 3.05) is 27.3 Å². The van der Waals surface area contributed by atoms with Crippen LogP contribution in [0.15, 0.2) is 54.1 Å². The summed E-state index contributed by atoms with van der Waals surface area (Å²) in [5.74, 6) is 1.61. The molecule has 2 aromatic rings. The minimum Gasteiger partial charge on any atom is -0.493 e. The van der Waals surface area contributed by atoms with Crippen LogP contribution in [0.25, 0.3) is 0 Å². The number of hydrogen-bond donors (Lipinski definition) is 0. The molecule has 3 rings (SSSR count). The molecule has 0 aromatic heterocycles. The van der Waals surface area contributed by atoms with Crippen molar-refractivity contribution in [2.24, 2.45) is 0 Å². The van der Waals surface area contributed by atoms with E-state index in [4.69, 9.17) is 9.47 Å². The molecule has 2 aromatic carbocycles. The molecule has 25 heavy (non-hydrogen) atoms. The van der Waals surface area contributed by atoms with Crippen LogP contribution in [0.1, 0.15) is 36.6 Å². The van der Waals surface area contributed by atoms with Gasteiger partial charge in [0.1, 0.15) is 0 Å². The smallest absolute Gasteiger partial charge is 0.161 e. The number of fused-ring (bicyclic) bond motifs is 1. The van der Waals surface area contributed by atoms with Gasteiger partial charge in [-0.3, -0.25) is 4.90 Å². The zero-order valence-corrected chi connectivity index (χ0v) is 15.6. The van der Waals surface area contributed by atoms with E-state index in [-0.39, 0.29) is 6.04 Å². The van der Waals surface area contributed by atoms with Crippen LogP contribution in [0.4, 0.5) is 0 Å². The first-order chi connectivity index (χ1) is 12.1. The second-order valence-electron chi connectivity index (χ2n) is 6.75. The van der Waals surface area contributed by atoms with E-state index >= 15 is 0 Å². The van der Waals surface area contributed by atoms with Crippen LogP contribution in [-0.2, 0) is 6.42 Å². The number of benzene rings is 2. The molecule has 1 aliphatic heterocycles. The second-order valence-corrected chi connectivity index (χ2v) is 6.75. The van der Waals surface area contributed by atoms with Crippen LogP contribution in [0.5, 0.6) is 11.5 Å². The van der Waals surface area contributed by atoms with Gasteiger partial charge in [0.15, 0.2) is 11.5 Å². The lowest BCUT2D eigenvalue weighted by Gasteiger charge is -2.37. The van der Waals surface area contributed by atoms with Gasteiger partial charge in [0.2, 0.25) is 0 Å². The highest BCUT2D eigenvalue weighted by Crippen LogP contribution is 2.40. The van der Waals surface area contributed by atoms with Gasteiger partial charge in [-0.1, -0.05) is 42.0 Å². The summed E-state index contributed by atoms with van der Waals surface area (Å²) in [6.07, 6.45) is 3.33. The summed E-state index contributed by atoms with van der Waals surface area (Å²) in [5, 5.41) is 0. The topological polar surface area (TPSA) is 21.7 Å². The largest absolute Gasteiger partial charge is 0.493 e. The summed E-state index contributed by atoms with van der Waals surface area (Å²) in [5.41, 5.74) is 5.33. The van der Waals surface area contributed by atoms with Crippen molar-refractivity contribution in [2.45, 2.75) is 26.3 Å². The normalized spacial score (nSPS) is 16.9. The molecule has 1 heterocycles. The number of rotatable bonds is 5. The summed E-state index contributed by atoms with van der Waals surface area (Å²) < 4.78 is 11.1. The molecule has 1 unspecified atom stereocenters. The Balaban J connectivity index is 2.09. The average Bonchev–Trinajstić information content (AvgIpc) is 2.65. The summed E-state index contributed by atoms with van der Waals surface area (Å²) in [6.45, 7) is 6.30. The molecule has 3 heteroatoms. The van der Waals surface area contributed by atoms with E-state index in [9.17, 15) is 0 Å². The van der Waals surface area contributed by atoms with Crippen molar-refractivity contribution in [1.29, 1.82) is 0 Å². The summed E-state index contributed by atoms with van der Waals surface area (Å²) >= 11 is 0. The Labute approximate surface area is 150 Å². The molecule has 0 saturated heterocycles. The Morgan fingerprint density at radius 3 is 2.40 bits per heavy atom. The molecule has 132 valence electrons. The van der Waals surface area contributed by atoms with Gasteiger partial charge in [0.05, 0.1) is 20.3 Å². The van der Waals surface area contributed by atoms with Crippen molar-refractivity contribution in [1.82, 2.24) is 4.90 Å². The Hall–Kier alpha value is -2.26. The quantitative estimate of drug-likeness (QED) is 0.743. The molecular formula is C22H27NO2. The molecule has 3 nitrogen and oxygen atoms in total. The van der Waals surface area contributed by atoms with Crippen molar-refractivity contribution in [3.63, 3.8) is 0 Å². The first-order valence-electron chi connectivity index (χ1n) is 8.81. The minimum absolute atomic E-state index is 0.236. The van der Waals surface area contributed by atoms with Gasteiger partial charge in [-0.25, -0.2) is 0 Å². The Bertz CT molecular complexity index is 748. The number of hydrogen-bond acceptors (Lipinski definition) is 3. The molecule has 1 atom stereocenters. The minimum atomic E-state index is 0.236. The summed E-state index contributed by atoms with van der Waals surface area (Å²) in [4.78, 5) is 2.54. The third kappa shape index (κ3) is 3.72. The molecule has 0 spiro atoms. The fraction of sp³-hybridized carbons (Fsp3) is 0.364. The third-order valence-corrected chi connectivity index (χ3v) is 4.82. The van der Waals surface area contributed by atoms with Gasteiger partial charge in [-0.05, 0) is 49.1 Å². The Morgan fingerprint density at radius 1 is 1.08 bits per heavy atom. The van der Waals surface area contributed by atoms with E-state index in [1.165, 1.54) is 22.3 Å². The number of nitrogens with zero attached hydrogens (tertiary/aromatic N) is 1. The van der Waals surface area contributed by atoms with E-state index in [0.717, 1.165) is 31.0 Å². The Kier molecular flexibility index (Phi) is 5.44. The third-order valence-electron chi connectivity index (χ3n) is 4.82. The molecule has 0 bridgehead atoms. The van der Waals surface area contributed by atoms with Gasteiger partial charge in [-0.2, -0.15) is 0 Å². The monoisotopic (exact) mass is 337 g/mol. The fourth-order valence-corrected chi connectivity index (χ4v) is 3.52. The van der Waals surface area contributed by atoms with E-state index in [2.05, 4.69) is 67.3 Å². The predicted octanol–water partition coefficient (Wildman–Crippen LogP) is 4.62. The molecule has 0 amide bonds. The molecule has 0 aliphatic carbocycles. The first-order valence-corrected chi connectivity index (χ1v) is 8.81. The number of ether oxygens (including phenoxy) is 2. The van der Waals surface area contributed by atoms with Gasteiger partial charge >= 0.3 is 0 Å². The van der Waals surface area contributed by atoms with Crippen molar-refractivity contribution in [3.8, 4) is 11.5 Å². The molecule has 0 radical (unpaired) electrons. The molecule has 1 aliphatic rings. The predicted molar refractivity (Wildman–Crippen MR) is 103 cm³/mol. The summed E-state index contributed by atoms with van der Waals surface area (Å²) in [7, 11) is 3.40. The van der Waals surface area contributed by atoms with Gasteiger partial charge in [0.25, 0.3) is 0 Å². The Morgan fingerprint density at radius 2 is 1.76 bits per heavy atom. The number of allylic oxidation sites excluding steroid dienone is 1. The average molecular weight is 337 g/mol. The maximum atomic E-state index is 5.56. The van der Waals surface area contributed by atoms with Crippen LogP contribution < -0.4 is 9.47 Å². The zero-order chi connectivity index (χ0) is 17.8. The molecule has 0 N–H and O–H groups in total. The lowest BCUT2D eigenvalue weighted by Crippen LogP contribution is -2.36. The van der Waals surface area contributed by atoms with Crippen molar-refractivity contribution >= 4 is 0 Å². The standard InChI is InChI=1S/C22H27NO2/c1-16(2)10-12-23-13-11-18-14-20(24-3)21(25-4)15-19(18)22(23)17-8-6-5-7-9-17/h5-10,14-15,22H,11-13H2,1-4H3. The molecular weight excluding hydrogens is 310 g/mol. The highest BCUT2D eigenvalue weighted by atomic mass is 16.5. The molecule has 0 fully saturated rings. The van der Waals surface area contributed by atoms with E-state index in [0.29, 0.717) is 0 Å².